The van der Waals surface area contributed by atoms with Crippen molar-refractivity contribution in [2.45, 2.75) is 6.92 Å². The van der Waals surface area contributed by atoms with E-state index in [2.05, 4.69) is 6.58 Å². The summed E-state index contributed by atoms with van der Waals surface area (Å²) in [6, 6.07) is 5.98. The first-order valence-corrected chi connectivity index (χ1v) is 5.38. The van der Waals surface area contributed by atoms with Crippen molar-refractivity contribution in [1.29, 1.82) is 0 Å². The van der Waals surface area contributed by atoms with Crippen LogP contribution in [0.2, 0.25) is 0 Å². The lowest BCUT2D eigenvalue weighted by Gasteiger charge is -2.25. The lowest BCUT2D eigenvalue weighted by molar-refractivity contribution is -0.140. The topological polar surface area (TPSA) is 40.5 Å². The van der Waals surface area contributed by atoms with Crippen LogP contribution in [0.1, 0.15) is 6.92 Å². The molecule has 0 amide bonds. The molecule has 0 aliphatic rings. The van der Waals surface area contributed by atoms with Crippen molar-refractivity contribution in [3.8, 4) is 0 Å². The molecule has 0 saturated carbocycles. The van der Waals surface area contributed by atoms with E-state index in [1.165, 1.54) is 12.1 Å². The highest BCUT2D eigenvalue weighted by molar-refractivity contribution is 5.70. The highest BCUT2D eigenvalue weighted by atomic mass is 19.1. The molecule has 0 saturated heterocycles. The Morgan fingerprint density at radius 3 is 2.59 bits per heavy atom. The molecule has 1 aromatic rings. The average Bonchev–Trinajstić information content (AvgIpc) is 2.29. The predicted octanol–water partition coefficient (Wildman–Crippen LogP) is 2.54. The van der Waals surface area contributed by atoms with Crippen LogP contribution in [-0.2, 0) is 4.79 Å². The molecule has 92 valence electrons. The minimum Gasteiger partial charge on any atom is -0.481 e. The minimum atomic E-state index is -0.846. The first-order chi connectivity index (χ1) is 8.04. The zero-order valence-electron chi connectivity index (χ0n) is 9.77. The van der Waals surface area contributed by atoms with Gasteiger partial charge in [-0.3, -0.25) is 4.79 Å². The summed E-state index contributed by atoms with van der Waals surface area (Å²) in [6.45, 7) is 6.17. The quantitative estimate of drug-likeness (QED) is 0.773. The van der Waals surface area contributed by atoms with Gasteiger partial charge in [0.2, 0.25) is 0 Å². The molecule has 3 nitrogen and oxygen atoms in total. The number of carboxylic acid groups (broad SMARTS) is 1. The van der Waals surface area contributed by atoms with Crippen LogP contribution in [0, 0.1) is 11.7 Å². The number of hydrogen-bond acceptors (Lipinski definition) is 2. The van der Waals surface area contributed by atoms with Crippen molar-refractivity contribution < 1.29 is 14.3 Å². The van der Waals surface area contributed by atoms with E-state index in [4.69, 9.17) is 5.11 Å². The van der Waals surface area contributed by atoms with Crippen LogP contribution in [-0.4, -0.2) is 24.2 Å². The second-order valence-corrected chi connectivity index (χ2v) is 3.91. The van der Waals surface area contributed by atoms with Gasteiger partial charge in [0.15, 0.2) is 0 Å². The summed E-state index contributed by atoms with van der Waals surface area (Å²) in [7, 11) is 0. The van der Waals surface area contributed by atoms with Crippen LogP contribution >= 0.6 is 0 Å². The molecule has 0 radical (unpaired) electrons. The molecule has 4 heteroatoms. The predicted molar refractivity (Wildman–Crippen MR) is 65.6 cm³/mol. The van der Waals surface area contributed by atoms with Crippen LogP contribution < -0.4 is 4.90 Å². The van der Waals surface area contributed by atoms with E-state index in [-0.39, 0.29) is 5.82 Å². The molecular formula is C13H16FNO2. The van der Waals surface area contributed by atoms with Crippen molar-refractivity contribution in [3.05, 3.63) is 42.7 Å². The molecule has 1 aromatic carbocycles. The van der Waals surface area contributed by atoms with Gasteiger partial charge in [-0.05, 0) is 24.3 Å². The number of aliphatic carboxylic acids is 1. The van der Waals surface area contributed by atoms with Gasteiger partial charge in [-0.1, -0.05) is 13.0 Å². The van der Waals surface area contributed by atoms with E-state index in [1.807, 2.05) is 4.90 Å². The molecule has 0 spiro atoms. The number of hydrogen-bond donors (Lipinski definition) is 1. The monoisotopic (exact) mass is 237 g/mol. The fourth-order valence-corrected chi connectivity index (χ4v) is 1.50. The highest BCUT2D eigenvalue weighted by Gasteiger charge is 2.15. The zero-order chi connectivity index (χ0) is 12.8. The van der Waals surface area contributed by atoms with E-state index in [9.17, 15) is 9.18 Å². The largest absolute Gasteiger partial charge is 0.481 e. The minimum absolute atomic E-state index is 0.307. The van der Waals surface area contributed by atoms with Gasteiger partial charge < -0.3 is 10.0 Å². The maximum atomic E-state index is 12.8. The summed E-state index contributed by atoms with van der Waals surface area (Å²) in [4.78, 5) is 12.7. The Bertz CT molecular complexity index is 389. The van der Waals surface area contributed by atoms with Gasteiger partial charge in [-0.25, -0.2) is 4.39 Å². The Kier molecular flexibility index (Phi) is 4.69. The summed E-state index contributed by atoms with van der Waals surface area (Å²) in [5.74, 6) is -1.64. The van der Waals surface area contributed by atoms with Gasteiger partial charge in [0.1, 0.15) is 5.82 Å². The summed E-state index contributed by atoms with van der Waals surface area (Å²) in [5, 5.41) is 8.88. The van der Waals surface area contributed by atoms with Gasteiger partial charge >= 0.3 is 5.97 Å². The summed E-state index contributed by atoms with van der Waals surface area (Å²) in [5.41, 5.74) is 0.791. The van der Waals surface area contributed by atoms with Crippen molar-refractivity contribution in [1.82, 2.24) is 0 Å². The van der Waals surface area contributed by atoms with Crippen LogP contribution in [0.25, 0.3) is 0 Å². The molecule has 0 aromatic heterocycles. The van der Waals surface area contributed by atoms with Crippen molar-refractivity contribution in [3.63, 3.8) is 0 Å². The standard InChI is InChI=1S/C13H16FNO2/c1-3-8-15(9-10(2)13(16)17)12-6-4-11(14)5-7-12/h3-7,10H,1,8-9H2,2H3,(H,16,17). The molecule has 1 N–H and O–H groups in total. The maximum Gasteiger partial charge on any atom is 0.308 e. The Labute approximate surface area is 100 Å². The molecular weight excluding hydrogens is 221 g/mol. The van der Waals surface area contributed by atoms with E-state index in [0.717, 1.165) is 5.69 Å². The summed E-state index contributed by atoms with van der Waals surface area (Å²) < 4.78 is 12.8. The number of benzene rings is 1. The van der Waals surface area contributed by atoms with Gasteiger partial charge in [-0.2, -0.15) is 0 Å². The molecule has 17 heavy (non-hydrogen) atoms. The molecule has 0 aliphatic carbocycles. The Morgan fingerprint density at radius 2 is 2.12 bits per heavy atom. The molecule has 1 unspecified atom stereocenters. The molecule has 0 heterocycles. The third-order valence-electron chi connectivity index (χ3n) is 2.46. The van der Waals surface area contributed by atoms with Crippen LogP contribution in [0.4, 0.5) is 10.1 Å². The van der Waals surface area contributed by atoms with Gasteiger partial charge in [0.25, 0.3) is 0 Å². The Balaban J connectivity index is 2.81. The number of anilines is 1. The van der Waals surface area contributed by atoms with Crippen molar-refractivity contribution in [2.24, 2.45) is 5.92 Å². The third-order valence-corrected chi connectivity index (χ3v) is 2.46. The highest BCUT2D eigenvalue weighted by Crippen LogP contribution is 2.16. The molecule has 0 aliphatic heterocycles. The second kappa shape index (κ2) is 6.03. The fraction of sp³-hybridized carbons (Fsp3) is 0.308. The first kappa shape index (κ1) is 13.2. The number of carboxylic acids is 1. The summed E-state index contributed by atoms with van der Waals surface area (Å²) >= 11 is 0. The van der Waals surface area contributed by atoms with E-state index >= 15 is 0 Å². The van der Waals surface area contributed by atoms with Gasteiger partial charge in [0.05, 0.1) is 5.92 Å². The maximum absolute atomic E-state index is 12.8. The average molecular weight is 237 g/mol. The summed E-state index contributed by atoms with van der Waals surface area (Å²) in [6.07, 6.45) is 1.69. The number of nitrogens with zero attached hydrogens (tertiary/aromatic N) is 1. The van der Waals surface area contributed by atoms with Crippen molar-refractivity contribution in [2.75, 3.05) is 18.0 Å². The Morgan fingerprint density at radius 1 is 1.53 bits per heavy atom. The SMILES string of the molecule is C=CCN(CC(C)C(=O)O)c1ccc(F)cc1. The molecule has 1 atom stereocenters. The normalized spacial score (nSPS) is 11.9. The smallest absolute Gasteiger partial charge is 0.308 e. The number of halogens is 1. The van der Waals surface area contributed by atoms with Crippen molar-refractivity contribution >= 4 is 11.7 Å². The molecule has 0 bridgehead atoms. The molecule has 1 rings (SSSR count). The second-order valence-electron chi connectivity index (χ2n) is 3.91. The lowest BCUT2D eigenvalue weighted by atomic mass is 10.1. The third kappa shape index (κ3) is 3.90. The van der Waals surface area contributed by atoms with Crippen LogP contribution in [0.15, 0.2) is 36.9 Å². The first-order valence-electron chi connectivity index (χ1n) is 5.38. The fourth-order valence-electron chi connectivity index (χ4n) is 1.50. The van der Waals surface area contributed by atoms with E-state index in [0.29, 0.717) is 13.1 Å². The van der Waals surface area contributed by atoms with E-state index < -0.39 is 11.9 Å². The van der Waals surface area contributed by atoms with Crippen LogP contribution in [0.3, 0.4) is 0 Å². The van der Waals surface area contributed by atoms with E-state index in [1.54, 1.807) is 25.1 Å². The van der Waals surface area contributed by atoms with Crippen LogP contribution in [0.5, 0.6) is 0 Å². The lowest BCUT2D eigenvalue weighted by Crippen LogP contribution is -2.31. The van der Waals surface area contributed by atoms with Gasteiger partial charge in [-0.15, -0.1) is 6.58 Å². The Hall–Kier alpha value is -1.84. The zero-order valence-corrected chi connectivity index (χ0v) is 9.77. The molecule has 0 fully saturated rings. The number of rotatable bonds is 6. The number of carbonyl (C=O) groups is 1. The van der Waals surface area contributed by atoms with Gasteiger partial charge in [0, 0.05) is 18.8 Å².